The molecule has 3 aromatic carbocycles. The largest absolute Gasteiger partial charge is 0.135 e. The first-order valence-corrected chi connectivity index (χ1v) is 10.4. The summed E-state index contributed by atoms with van der Waals surface area (Å²) in [5, 5.41) is 2.75. The van der Waals surface area contributed by atoms with E-state index in [1.165, 1.54) is 52.2 Å². The molecule has 0 saturated heterocycles. The number of aryl methyl sites for hydroxylation is 2. The zero-order valence-electron chi connectivity index (χ0n) is 14.7. The molecular formula is C24H18S2. The van der Waals surface area contributed by atoms with Crippen molar-refractivity contribution in [3.8, 4) is 20.9 Å². The van der Waals surface area contributed by atoms with Crippen molar-refractivity contribution in [3.05, 3.63) is 83.9 Å². The van der Waals surface area contributed by atoms with Crippen molar-refractivity contribution >= 4 is 42.8 Å². The minimum Gasteiger partial charge on any atom is -0.135 e. The molecule has 0 fully saturated rings. The molecule has 0 atom stereocenters. The van der Waals surface area contributed by atoms with Gasteiger partial charge in [-0.2, -0.15) is 0 Å². The van der Waals surface area contributed by atoms with Crippen LogP contribution >= 0.6 is 22.7 Å². The van der Waals surface area contributed by atoms with Crippen LogP contribution in [0.4, 0.5) is 0 Å². The predicted molar refractivity (Wildman–Crippen MR) is 118 cm³/mol. The van der Waals surface area contributed by atoms with Crippen LogP contribution in [-0.2, 0) is 0 Å². The molecule has 126 valence electrons. The number of rotatable bonds is 2. The maximum atomic E-state index is 2.36. The minimum absolute atomic E-state index is 1.31. The van der Waals surface area contributed by atoms with Crippen LogP contribution in [0.5, 0.6) is 0 Å². The van der Waals surface area contributed by atoms with Gasteiger partial charge in [-0.05, 0) is 49.2 Å². The molecule has 0 bridgehead atoms. The summed E-state index contributed by atoms with van der Waals surface area (Å²) in [5.41, 5.74) is 5.24. The van der Waals surface area contributed by atoms with Gasteiger partial charge >= 0.3 is 0 Å². The minimum atomic E-state index is 1.31. The zero-order valence-corrected chi connectivity index (χ0v) is 16.4. The van der Waals surface area contributed by atoms with E-state index in [-0.39, 0.29) is 0 Å². The quantitative estimate of drug-likeness (QED) is 0.295. The Morgan fingerprint density at radius 1 is 0.538 bits per heavy atom. The highest BCUT2D eigenvalue weighted by Crippen LogP contribution is 2.42. The van der Waals surface area contributed by atoms with E-state index in [1.807, 2.05) is 22.7 Å². The molecule has 0 aliphatic heterocycles. The molecule has 5 aromatic rings. The Kier molecular flexibility index (Phi) is 3.70. The summed E-state index contributed by atoms with van der Waals surface area (Å²) < 4.78 is 2.73. The van der Waals surface area contributed by atoms with E-state index in [4.69, 9.17) is 0 Å². The lowest BCUT2D eigenvalue weighted by Crippen LogP contribution is -1.74. The maximum Gasteiger partial charge on any atom is 0.0356 e. The number of thiophene rings is 2. The number of benzene rings is 3. The van der Waals surface area contributed by atoms with Gasteiger partial charge in [0.2, 0.25) is 0 Å². The van der Waals surface area contributed by atoms with Crippen LogP contribution in [0.3, 0.4) is 0 Å². The van der Waals surface area contributed by atoms with E-state index in [0.717, 1.165) is 0 Å². The van der Waals surface area contributed by atoms with E-state index < -0.39 is 0 Å². The van der Waals surface area contributed by atoms with Crippen molar-refractivity contribution in [1.29, 1.82) is 0 Å². The van der Waals surface area contributed by atoms with E-state index in [1.54, 1.807) is 0 Å². The van der Waals surface area contributed by atoms with Gasteiger partial charge in [0, 0.05) is 29.9 Å². The van der Waals surface area contributed by atoms with E-state index in [9.17, 15) is 0 Å². The fourth-order valence-corrected chi connectivity index (χ4v) is 5.66. The Hall–Kier alpha value is -2.42. The van der Waals surface area contributed by atoms with Crippen LogP contribution in [0.2, 0.25) is 0 Å². The fraction of sp³-hybridized carbons (Fsp3) is 0.0833. The van der Waals surface area contributed by atoms with E-state index >= 15 is 0 Å². The second-order valence-corrected chi connectivity index (χ2v) is 9.02. The highest BCUT2D eigenvalue weighted by atomic mass is 32.1. The molecule has 0 nitrogen and oxygen atoms in total. The fourth-order valence-electron chi connectivity index (χ4n) is 3.51. The third kappa shape index (κ3) is 2.66. The van der Waals surface area contributed by atoms with Crippen molar-refractivity contribution in [2.24, 2.45) is 0 Å². The molecule has 0 unspecified atom stereocenters. The summed E-state index contributed by atoms with van der Waals surface area (Å²) in [7, 11) is 0. The lowest BCUT2D eigenvalue weighted by molar-refractivity contribution is 1.48. The molecule has 0 amide bonds. The Labute approximate surface area is 161 Å². The summed E-state index contributed by atoms with van der Waals surface area (Å²) >= 11 is 3.77. The molecule has 2 aromatic heterocycles. The maximum absolute atomic E-state index is 2.36. The van der Waals surface area contributed by atoms with Crippen molar-refractivity contribution in [3.63, 3.8) is 0 Å². The molecule has 26 heavy (non-hydrogen) atoms. The summed E-state index contributed by atoms with van der Waals surface area (Å²) in [6.45, 7) is 4.31. The SMILES string of the molecule is Cc1cccc(-c2cc3c(ccc4sc(-c5cccc(C)c5)cc43)s2)c1. The average molecular weight is 371 g/mol. The van der Waals surface area contributed by atoms with Crippen LogP contribution in [-0.4, -0.2) is 0 Å². The van der Waals surface area contributed by atoms with E-state index in [0.29, 0.717) is 0 Å². The molecule has 0 saturated carbocycles. The molecule has 0 radical (unpaired) electrons. The lowest BCUT2D eigenvalue weighted by atomic mass is 10.1. The molecule has 0 aliphatic carbocycles. The van der Waals surface area contributed by atoms with Crippen LogP contribution in [0.25, 0.3) is 41.1 Å². The third-order valence-electron chi connectivity index (χ3n) is 4.80. The summed E-state index contributed by atoms with van der Waals surface area (Å²) in [6.07, 6.45) is 0. The average Bonchev–Trinajstić information content (AvgIpc) is 3.25. The molecule has 0 aliphatic rings. The van der Waals surface area contributed by atoms with Gasteiger partial charge in [0.25, 0.3) is 0 Å². The van der Waals surface area contributed by atoms with Crippen molar-refractivity contribution < 1.29 is 0 Å². The van der Waals surface area contributed by atoms with Gasteiger partial charge < -0.3 is 0 Å². The first kappa shape index (κ1) is 15.8. The smallest absolute Gasteiger partial charge is 0.0356 e. The highest BCUT2D eigenvalue weighted by Gasteiger charge is 2.11. The first-order chi connectivity index (χ1) is 12.7. The number of hydrogen-bond donors (Lipinski definition) is 0. The summed E-state index contributed by atoms with van der Waals surface area (Å²) in [5.74, 6) is 0. The normalized spacial score (nSPS) is 11.5. The Balaban J connectivity index is 1.70. The zero-order chi connectivity index (χ0) is 17.7. The Bertz CT molecular complexity index is 1150. The molecule has 0 N–H and O–H groups in total. The molecule has 5 rings (SSSR count). The van der Waals surface area contributed by atoms with Gasteiger partial charge in [0.05, 0.1) is 0 Å². The number of fused-ring (bicyclic) bond motifs is 3. The van der Waals surface area contributed by atoms with Gasteiger partial charge in [-0.25, -0.2) is 0 Å². The van der Waals surface area contributed by atoms with Gasteiger partial charge in [0.15, 0.2) is 0 Å². The van der Waals surface area contributed by atoms with E-state index in [2.05, 4.69) is 86.6 Å². The van der Waals surface area contributed by atoms with Crippen molar-refractivity contribution in [2.45, 2.75) is 13.8 Å². The van der Waals surface area contributed by atoms with Crippen LogP contribution in [0.15, 0.2) is 72.8 Å². The van der Waals surface area contributed by atoms with Crippen molar-refractivity contribution in [1.82, 2.24) is 0 Å². The van der Waals surface area contributed by atoms with Gasteiger partial charge in [-0.3, -0.25) is 0 Å². The first-order valence-electron chi connectivity index (χ1n) is 8.77. The van der Waals surface area contributed by atoms with Crippen LogP contribution in [0.1, 0.15) is 11.1 Å². The molecule has 2 heteroatoms. The summed E-state index contributed by atoms with van der Waals surface area (Å²) in [6, 6.07) is 26.8. The second kappa shape index (κ2) is 6.08. The Morgan fingerprint density at radius 2 is 1.00 bits per heavy atom. The number of hydrogen-bond acceptors (Lipinski definition) is 2. The summed E-state index contributed by atoms with van der Waals surface area (Å²) in [4.78, 5) is 2.69. The molecular weight excluding hydrogens is 352 g/mol. The molecule has 2 heterocycles. The highest BCUT2D eigenvalue weighted by molar-refractivity contribution is 7.24. The third-order valence-corrected chi connectivity index (χ3v) is 7.10. The topological polar surface area (TPSA) is 0 Å². The Morgan fingerprint density at radius 3 is 1.42 bits per heavy atom. The second-order valence-electron chi connectivity index (χ2n) is 6.85. The van der Waals surface area contributed by atoms with Crippen LogP contribution in [0, 0.1) is 13.8 Å². The van der Waals surface area contributed by atoms with Gasteiger partial charge in [0.1, 0.15) is 0 Å². The lowest BCUT2D eigenvalue weighted by Gasteiger charge is -1.98. The van der Waals surface area contributed by atoms with Crippen LogP contribution < -0.4 is 0 Å². The van der Waals surface area contributed by atoms with Gasteiger partial charge in [-0.1, -0.05) is 59.7 Å². The van der Waals surface area contributed by atoms with Crippen molar-refractivity contribution in [2.75, 3.05) is 0 Å². The predicted octanol–water partition coefficient (Wildman–Crippen LogP) is 8.07. The standard InChI is InChI=1S/C24H18S2/c1-15-5-3-7-17(11-15)23-13-19-20-14-24(18-8-4-6-16(2)12-18)26-22(20)10-9-21(19)25-23/h3-14H,1-2H3. The monoisotopic (exact) mass is 370 g/mol. The molecule has 0 spiro atoms. The van der Waals surface area contributed by atoms with Gasteiger partial charge in [-0.15, -0.1) is 22.7 Å².